The van der Waals surface area contributed by atoms with Gasteiger partial charge in [0, 0.05) is 30.9 Å². The van der Waals surface area contributed by atoms with E-state index in [0.717, 1.165) is 35.9 Å². The molecule has 1 aliphatic rings. The number of aromatic nitrogens is 3. The summed E-state index contributed by atoms with van der Waals surface area (Å²) in [6, 6.07) is 19.9. The number of likely N-dealkylation sites (tertiary alicyclic amines) is 1. The fourth-order valence-electron chi connectivity index (χ4n) is 3.79. The van der Waals surface area contributed by atoms with Gasteiger partial charge in [-0.25, -0.2) is 4.98 Å². The monoisotopic (exact) mass is 386 g/mol. The highest BCUT2D eigenvalue weighted by Crippen LogP contribution is 2.27. The van der Waals surface area contributed by atoms with Gasteiger partial charge in [0.1, 0.15) is 23.2 Å². The third kappa shape index (κ3) is 3.32. The van der Waals surface area contributed by atoms with Crippen LogP contribution in [0.1, 0.15) is 18.7 Å². The normalized spacial score (nSPS) is 15.9. The molecule has 1 saturated heterocycles. The predicted molar refractivity (Wildman–Crippen MR) is 112 cm³/mol. The van der Waals surface area contributed by atoms with Gasteiger partial charge in [-0.3, -0.25) is 14.1 Å². The highest BCUT2D eigenvalue weighted by molar-refractivity contribution is 5.61. The van der Waals surface area contributed by atoms with E-state index in [1.807, 2.05) is 71.3 Å². The second-order valence-corrected chi connectivity index (χ2v) is 7.42. The van der Waals surface area contributed by atoms with Gasteiger partial charge in [0.2, 0.25) is 0 Å². The molecule has 1 unspecified atom stereocenters. The number of H-pyrrole nitrogens is 1. The van der Waals surface area contributed by atoms with E-state index < -0.39 is 0 Å². The smallest absolute Gasteiger partial charge is 0.274 e. The molecule has 1 atom stereocenters. The SMILES string of the molecule is CC(c1cn2c(-c3ccccc3)ncc2c(=O)[nH]1)N1CC(Oc2ccccc2)C1. The Morgan fingerprint density at radius 1 is 1.07 bits per heavy atom. The summed E-state index contributed by atoms with van der Waals surface area (Å²) in [5.41, 5.74) is 2.28. The van der Waals surface area contributed by atoms with Crippen LogP contribution in [-0.2, 0) is 0 Å². The van der Waals surface area contributed by atoms with Crippen LogP contribution < -0.4 is 10.3 Å². The highest BCUT2D eigenvalue weighted by Gasteiger charge is 2.33. The number of hydrogen-bond acceptors (Lipinski definition) is 4. The van der Waals surface area contributed by atoms with Crippen LogP contribution in [0.5, 0.6) is 5.75 Å². The third-order valence-electron chi connectivity index (χ3n) is 5.51. The average molecular weight is 386 g/mol. The topological polar surface area (TPSA) is 62.6 Å². The summed E-state index contributed by atoms with van der Waals surface area (Å²) in [4.78, 5) is 22.4. The Labute approximate surface area is 168 Å². The number of benzene rings is 2. The first-order valence-corrected chi connectivity index (χ1v) is 9.80. The summed E-state index contributed by atoms with van der Waals surface area (Å²) >= 11 is 0. The Bertz CT molecular complexity index is 1180. The van der Waals surface area contributed by atoms with Crippen LogP contribution in [0.25, 0.3) is 16.9 Å². The maximum Gasteiger partial charge on any atom is 0.274 e. The minimum Gasteiger partial charge on any atom is -0.488 e. The number of fused-ring (bicyclic) bond motifs is 1. The molecule has 4 aromatic rings. The van der Waals surface area contributed by atoms with Gasteiger partial charge in [-0.2, -0.15) is 0 Å². The molecular formula is C23H22N4O2. The summed E-state index contributed by atoms with van der Waals surface area (Å²) in [6.07, 6.45) is 3.79. The molecule has 1 aliphatic heterocycles. The minimum atomic E-state index is -0.123. The van der Waals surface area contributed by atoms with Crippen molar-refractivity contribution in [3.05, 3.63) is 89.1 Å². The van der Waals surface area contributed by atoms with Crippen molar-refractivity contribution in [2.45, 2.75) is 19.1 Å². The number of nitrogens with one attached hydrogen (secondary N) is 1. The van der Waals surface area contributed by atoms with Crippen molar-refractivity contribution in [3.8, 4) is 17.1 Å². The van der Waals surface area contributed by atoms with E-state index in [1.165, 1.54) is 0 Å². The Morgan fingerprint density at radius 2 is 1.76 bits per heavy atom. The standard InChI is InChI=1S/C23H22N4O2/c1-16(26-13-19(14-26)29-18-10-6-3-7-11-18)20-15-27-21(23(28)25-20)12-24-22(27)17-8-4-2-5-9-17/h2-12,15-16,19H,13-14H2,1H3,(H,25,28). The molecule has 0 amide bonds. The first-order valence-electron chi connectivity index (χ1n) is 9.80. The van der Waals surface area contributed by atoms with Crippen LogP contribution >= 0.6 is 0 Å². The van der Waals surface area contributed by atoms with E-state index in [1.54, 1.807) is 6.20 Å². The molecule has 0 radical (unpaired) electrons. The maximum absolute atomic E-state index is 12.6. The van der Waals surface area contributed by atoms with E-state index in [0.29, 0.717) is 5.52 Å². The molecule has 146 valence electrons. The molecule has 6 nitrogen and oxygen atoms in total. The average Bonchev–Trinajstić information content (AvgIpc) is 3.16. The number of imidazole rings is 1. The summed E-state index contributed by atoms with van der Waals surface area (Å²) in [6.45, 7) is 3.76. The number of para-hydroxylation sites is 1. The molecule has 29 heavy (non-hydrogen) atoms. The summed E-state index contributed by atoms with van der Waals surface area (Å²) < 4.78 is 7.88. The molecule has 6 heteroatoms. The first kappa shape index (κ1) is 17.7. The Hall–Kier alpha value is -3.38. The van der Waals surface area contributed by atoms with Crippen molar-refractivity contribution in [2.24, 2.45) is 0 Å². The van der Waals surface area contributed by atoms with Crippen LogP contribution in [0.3, 0.4) is 0 Å². The van der Waals surface area contributed by atoms with E-state index in [9.17, 15) is 4.79 Å². The summed E-state index contributed by atoms with van der Waals surface area (Å²) in [7, 11) is 0. The molecule has 0 spiro atoms. The van der Waals surface area contributed by atoms with Crippen LogP contribution in [0.4, 0.5) is 0 Å². The van der Waals surface area contributed by atoms with E-state index in [4.69, 9.17) is 4.74 Å². The van der Waals surface area contributed by atoms with Crippen LogP contribution in [0.15, 0.2) is 77.9 Å². The molecule has 0 aliphatic carbocycles. The van der Waals surface area contributed by atoms with E-state index >= 15 is 0 Å². The third-order valence-corrected chi connectivity index (χ3v) is 5.51. The van der Waals surface area contributed by atoms with Crippen molar-refractivity contribution in [1.82, 2.24) is 19.3 Å². The van der Waals surface area contributed by atoms with Crippen molar-refractivity contribution in [1.29, 1.82) is 0 Å². The second kappa shape index (κ2) is 7.22. The number of rotatable bonds is 5. The highest BCUT2D eigenvalue weighted by atomic mass is 16.5. The number of aromatic amines is 1. The van der Waals surface area contributed by atoms with Gasteiger partial charge < -0.3 is 9.72 Å². The van der Waals surface area contributed by atoms with Crippen LogP contribution in [0.2, 0.25) is 0 Å². The predicted octanol–water partition coefficient (Wildman–Crippen LogP) is 3.51. The molecule has 2 aromatic carbocycles. The number of ether oxygens (including phenoxy) is 1. The summed E-state index contributed by atoms with van der Waals surface area (Å²) in [5, 5.41) is 0. The van der Waals surface area contributed by atoms with Crippen molar-refractivity contribution in [2.75, 3.05) is 13.1 Å². The number of nitrogens with zero attached hydrogens (tertiary/aromatic N) is 3. The zero-order valence-corrected chi connectivity index (χ0v) is 16.2. The Balaban J connectivity index is 1.37. The van der Waals surface area contributed by atoms with Crippen molar-refractivity contribution < 1.29 is 4.74 Å². The molecule has 0 bridgehead atoms. The molecular weight excluding hydrogens is 364 g/mol. The van der Waals surface area contributed by atoms with Gasteiger partial charge in [-0.05, 0) is 19.1 Å². The zero-order valence-electron chi connectivity index (χ0n) is 16.2. The van der Waals surface area contributed by atoms with Gasteiger partial charge in [-0.15, -0.1) is 0 Å². The van der Waals surface area contributed by atoms with Gasteiger partial charge >= 0.3 is 0 Å². The van der Waals surface area contributed by atoms with Gasteiger partial charge in [-0.1, -0.05) is 48.5 Å². The molecule has 3 heterocycles. The molecule has 1 N–H and O–H groups in total. The molecule has 5 rings (SSSR count). The fraction of sp³-hybridized carbons (Fsp3) is 0.217. The van der Waals surface area contributed by atoms with Gasteiger partial charge in [0.15, 0.2) is 0 Å². The fourth-order valence-corrected chi connectivity index (χ4v) is 3.79. The molecule has 2 aromatic heterocycles. The van der Waals surface area contributed by atoms with E-state index in [2.05, 4.69) is 21.8 Å². The lowest BCUT2D eigenvalue weighted by Crippen LogP contribution is -2.54. The number of hydrogen-bond donors (Lipinski definition) is 1. The summed E-state index contributed by atoms with van der Waals surface area (Å²) in [5.74, 6) is 1.67. The maximum atomic E-state index is 12.6. The first-order chi connectivity index (χ1) is 14.2. The van der Waals surface area contributed by atoms with Gasteiger partial charge in [0.05, 0.1) is 11.9 Å². The zero-order chi connectivity index (χ0) is 19.8. The Morgan fingerprint density at radius 3 is 2.48 bits per heavy atom. The molecule has 1 fully saturated rings. The molecule has 0 saturated carbocycles. The lowest BCUT2D eigenvalue weighted by Gasteiger charge is -2.42. The van der Waals surface area contributed by atoms with Crippen LogP contribution in [0, 0.1) is 0 Å². The van der Waals surface area contributed by atoms with Crippen LogP contribution in [-0.4, -0.2) is 38.5 Å². The largest absolute Gasteiger partial charge is 0.488 e. The second-order valence-electron chi connectivity index (χ2n) is 7.42. The quantitative estimate of drug-likeness (QED) is 0.570. The van der Waals surface area contributed by atoms with Crippen molar-refractivity contribution in [3.63, 3.8) is 0 Å². The lowest BCUT2D eigenvalue weighted by atomic mass is 10.1. The minimum absolute atomic E-state index is 0.0775. The van der Waals surface area contributed by atoms with Crippen molar-refractivity contribution >= 4 is 5.52 Å². The van der Waals surface area contributed by atoms with Gasteiger partial charge in [0.25, 0.3) is 5.56 Å². The van der Waals surface area contributed by atoms with E-state index in [-0.39, 0.29) is 17.7 Å². The Kier molecular flexibility index (Phi) is 4.41. The lowest BCUT2D eigenvalue weighted by molar-refractivity contribution is -0.00639.